The summed E-state index contributed by atoms with van der Waals surface area (Å²) in [5.74, 6) is 0.848. The maximum Gasteiger partial charge on any atom is 0.0346 e. The van der Waals surface area contributed by atoms with Gasteiger partial charge >= 0.3 is 0 Å². The van der Waals surface area contributed by atoms with Gasteiger partial charge in [0, 0.05) is 29.9 Å². The maximum absolute atomic E-state index is 4.33. The zero-order valence-electron chi connectivity index (χ0n) is 11.1. The van der Waals surface area contributed by atoms with Gasteiger partial charge in [-0.05, 0) is 43.6 Å². The van der Waals surface area contributed by atoms with Crippen LogP contribution in [0.5, 0.6) is 0 Å². The van der Waals surface area contributed by atoms with Crippen LogP contribution in [0.4, 0.5) is 0 Å². The number of hydrogen-bond acceptors (Lipinski definition) is 2. The fourth-order valence-corrected chi connectivity index (χ4v) is 2.59. The van der Waals surface area contributed by atoms with E-state index in [1.165, 1.54) is 29.2 Å². The molecule has 2 nitrogen and oxygen atoms in total. The van der Waals surface area contributed by atoms with Gasteiger partial charge in [-0.3, -0.25) is 4.98 Å². The highest BCUT2D eigenvalue weighted by molar-refractivity contribution is 5.84. The summed E-state index contributed by atoms with van der Waals surface area (Å²) >= 11 is 0. The first-order valence-corrected chi connectivity index (χ1v) is 6.73. The van der Waals surface area contributed by atoms with E-state index in [0.29, 0.717) is 0 Å². The van der Waals surface area contributed by atoms with Crippen molar-refractivity contribution in [2.24, 2.45) is 5.92 Å². The van der Waals surface area contributed by atoms with Crippen molar-refractivity contribution in [3.8, 4) is 0 Å². The van der Waals surface area contributed by atoms with Crippen LogP contribution in [0.15, 0.2) is 36.7 Å². The van der Waals surface area contributed by atoms with Gasteiger partial charge in [-0.1, -0.05) is 24.3 Å². The molecule has 0 atom stereocenters. The first kappa shape index (κ1) is 11.7. The summed E-state index contributed by atoms with van der Waals surface area (Å²) < 4.78 is 0. The fraction of sp³-hybridized carbons (Fsp3) is 0.438. The molecule has 1 aliphatic rings. The molecular weight excluding hydrogens is 220 g/mol. The second-order valence-electron chi connectivity index (χ2n) is 5.87. The molecule has 2 heteroatoms. The van der Waals surface area contributed by atoms with Gasteiger partial charge in [-0.15, -0.1) is 0 Å². The number of hydrogen-bond donors (Lipinski definition) is 1. The second kappa shape index (κ2) is 4.36. The summed E-state index contributed by atoms with van der Waals surface area (Å²) in [4.78, 5) is 4.33. The van der Waals surface area contributed by atoms with E-state index in [1.54, 1.807) is 0 Å². The lowest BCUT2D eigenvalue weighted by atomic mass is 9.98. The highest BCUT2D eigenvalue weighted by Crippen LogP contribution is 2.39. The molecule has 1 aliphatic carbocycles. The molecule has 0 bridgehead atoms. The molecule has 0 radical (unpaired) electrons. The summed E-state index contributed by atoms with van der Waals surface area (Å²) in [5, 5.41) is 6.22. The molecule has 3 rings (SSSR count). The van der Waals surface area contributed by atoms with Gasteiger partial charge in [0.05, 0.1) is 0 Å². The van der Waals surface area contributed by atoms with Crippen LogP contribution in [0.25, 0.3) is 10.8 Å². The van der Waals surface area contributed by atoms with E-state index >= 15 is 0 Å². The molecule has 1 N–H and O–H groups in total. The molecule has 0 aliphatic heterocycles. The van der Waals surface area contributed by atoms with Crippen LogP contribution in [0.1, 0.15) is 32.3 Å². The predicted molar refractivity (Wildman–Crippen MR) is 75.4 cm³/mol. The van der Waals surface area contributed by atoms with Gasteiger partial charge in [0.1, 0.15) is 0 Å². The number of aromatic nitrogens is 1. The van der Waals surface area contributed by atoms with E-state index in [0.717, 1.165) is 12.5 Å². The van der Waals surface area contributed by atoms with Crippen LogP contribution in [-0.2, 0) is 6.54 Å². The lowest BCUT2D eigenvalue weighted by Crippen LogP contribution is -2.40. The molecule has 0 amide bonds. The number of nitrogens with zero attached hydrogens (tertiary/aromatic N) is 1. The summed E-state index contributed by atoms with van der Waals surface area (Å²) in [6.45, 7) is 5.52. The van der Waals surface area contributed by atoms with Gasteiger partial charge in [0.15, 0.2) is 0 Å². The Morgan fingerprint density at radius 1 is 1.22 bits per heavy atom. The Morgan fingerprint density at radius 2 is 2.00 bits per heavy atom. The van der Waals surface area contributed by atoms with Crippen molar-refractivity contribution in [1.82, 2.24) is 10.3 Å². The second-order valence-corrected chi connectivity index (χ2v) is 5.87. The van der Waals surface area contributed by atoms with Crippen LogP contribution >= 0.6 is 0 Å². The SMILES string of the molecule is CC(C)(NCc1cncc2ccccc12)C1CC1. The van der Waals surface area contributed by atoms with Crippen molar-refractivity contribution in [2.45, 2.75) is 38.8 Å². The van der Waals surface area contributed by atoms with Gasteiger partial charge in [0.25, 0.3) is 0 Å². The van der Waals surface area contributed by atoms with E-state index in [9.17, 15) is 0 Å². The van der Waals surface area contributed by atoms with Crippen molar-refractivity contribution in [3.05, 3.63) is 42.2 Å². The third-order valence-electron chi connectivity index (χ3n) is 4.08. The molecule has 1 saturated carbocycles. The molecule has 0 unspecified atom stereocenters. The van der Waals surface area contributed by atoms with Gasteiger partial charge < -0.3 is 5.32 Å². The Hall–Kier alpha value is -1.41. The summed E-state index contributed by atoms with van der Waals surface area (Å²) in [6, 6.07) is 8.46. The number of rotatable bonds is 4. The van der Waals surface area contributed by atoms with E-state index in [4.69, 9.17) is 0 Å². The van der Waals surface area contributed by atoms with Crippen LogP contribution in [0.2, 0.25) is 0 Å². The monoisotopic (exact) mass is 240 g/mol. The third-order valence-corrected chi connectivity index (χ3v) is 4.08. The molecule has 0 spiro atoms. The minimum absolute atomic E-state index is 0.247. The molecule has 1 fully saturated rings. The van der Waals surface area contributed by atoms with Gasteiger partial charge in [-0.2, -0.15) is 0 Å². The quantitative estimate of drug-likeness (QED) is 0.884. The lowest BCUT2D eigenvalue weighted by molar-refractivity contribution is 0.340. The van der Waals surface area contributed by atoms with E-state index in [2.05, 4.69) is 48.4 Å². The van der Waals surface area contributed by atoms with E-state index in [-0.39, 0.29) is 5.54 Å². The summed E-state index contributed by atoms with van der Waals surface area (Å²) in [5.41, 5.74) is 1.54. The molecule has 1 heterocycles. The van der Waals surface area contributed by atoms with Crippen molar-refractivity contribution >= 4 is 10.8 Å². The van der Waals surface area contributed by atoms with Crippen molar-refractivity contribution in [3.63, 3.8) is 0 Å². The van der Waals surface area contributed by atoms with Crippen molar-refractivity contribution in [2.75, 3.05) is 0 Å². The molecule has 1 aromatic heterocycles. The third kappa shape index (κ3) is 2.25. The topological polar surface area (TPSA) is 24.9 Å². The van der Waals surface area contributed by atoms with Crippen LogP contribution in [0.3, 0.4) is 0 Å². The fourth-order valence-electron chi connectivity index (χ4n) is 2.59. The highest BCUT2D eigenvalue weighted by atomic mass is 15.0. The van der Waals surface area contributed by atoms with Gasteiger partial charge in [-0.25, -0.2) is 0 Å². The van der Waals surface area contributed by atoms with Gasteiger partial charge in [0.2, 0.25) is 0 Å². The smallest absolute Gasteiger partial charge is 0.0346 e. The predicted octanol–water partition coefficient (Wildman–Crippen LogP) is 3.51. The Bertz CT molecular complexity index is 551. The molecule has 0 saturated heterocycles. The number of nitrogens with one attached hydrogen (secondary N) is 1. The standard InChI is InChI=1S/C16H20N2/c1-16(2,14-7-8-14)18-11-13-10-17-9-12-5-3-4-6-15(12)13/h3-6,9-10,14,18H,7-8,11H2,1-2H3. The molecule has 94 valence electrons. The first-order valence-electron chi connectivity index (χ1n) is 6.73. The average molecular weight is 240 g/mol. The largest absolute Gasteiger partial charge is 0.307 e. The highest BCUT2D eigenvalue weighted by Gasteiger charge is 2.37. The maximum atomic E-state index is 4.33. The zero-order chi connectivity index (χ0) is 12.6. The molecule has 2 aromatic rings. The van der Waals surface area contributed by atoms with Crippen molar-refractivity contribution in [1.29, 1.82) is 0 Å². The Morgan fingerprint density at radius 3 is 2.78 bits per heavy atom. The minimum atomic E-state index is 0.247. The normalized spacial score (nSPS) is 16.1. The lowest BCUT2D eigenvalue weighted by Gasteiger charge is -2.26. The number of pyridine rings is 1. The molecule has 1 aromatic carbocycles. The van der Waals surface area contributed by atoms with E-state index < -0.39 is 0 Å². The Balaban J connectivity index is 1.82. The Kier molecular flexibility index (Phi) is 2.83. The van der Waals surface area contributed by atoms with Crippen molar-refractivity contribution < 1.29 is 0 Å². The first-order chi connectivity index (χ1) is 8.67. The number of fused-ring (bicyclic) bond motifs is 1. The van der Waals surface area contributed by atoms with Crippen LogP contribution in [-0.4, -0.2) is 10.5 Å². The van der Waals surface area contributed by atoms with Crippen LogP contribution < -0.4 is 5.32 Å². The van der Waals surface area contributed by atoms with Crippen LogP contribution in [0, 0.1) is 5.92 Å². The molecular formula is C16H20N2. The molecule has 18 heavy (non-hydrogen) atoms. The van der Waals surface area contributed by atoms with E-state index in [1.807, 2.05) is 12.4 Å². The summed E-state index contributed by atoms with van der Waals surface area (Å²) in [6.07, 6.45) is 6.66. The average Bonchev–Trinajstić information content (AvgIpc) is 3.21. The zero-order valence-corrected chi connectivity index (χ0v) is 11.1. The minimum Gasteiger partial charge on any atom is -0.307 e. The Labute approximate surface area is 108 Å². The number of benzene rings is 1. The summed E-state index contributed by atoms with van der Waals surface area (Å²) in [7, 11) is 0.